The summed E-state index contributed by atoms with van der Waals surface area (Å²) in [5.41, 5.74) is -0.326. The van der Waals surface area contributed by atoms with Crippen LogP contribution in [0.3, 0.4) is 0 Å². The number of benzene rings is 3. The number of nitro groups is 1. The van der Waals surface area contributed by atoms with E-state index in [9.17, 15) is 24.5 Å². The Morgan fingerprint density at radius 1 is 0.921 bits per heavy atom. The second kappa shape index (κ2) is 10.8. The molecule has 0 spiro atoms. The number of non-ortho nitro benzene ring substituents is 1. The minimum atomic E-state index is -0.857. The predicted octanol–water partition coefficient (Wildman–Crippen LogP) is 4.78. The molecule has 0 saturated heterocycles. The highest BCUT2D eigenvalue weighted by Gasteiger charge is 2.24. The molecule has 0 aliphatic carbocycles. The van der Waals surface area contributed by atoms with Crippen molar-refractivity contribution < 1.29 is 37.9 Å². The van der Waals surface area contributed by atoms with Gasteiger partial charge in [-0.15, -0.1) is 0 Å². The number of methoxy groups -OCH3 is 2. The summed E-state index contributed by atoms with van der Waals surface area (Å²) in [4.78, 5) is 49.1. The van der Waals surface area contributed by atoms with Crippen LogP contribution in [0.15, 0.2) is 69.9 Å². The molecule has 1 heterocycles. The van der Waals surface area contributed by atoms with Crippen molar-refractivity contribution in [2.75, 3.05) is 20.8 Å². The molecule has 0 bridgehead atoms. The first-order chi connectivity index (χ1) is 18.3. The fourth-order valence-corrected chi connectivity index (χ4v) is 3.72. The van der Waals surface area contributed by atoms with Crippen molar-refractivity contribution in [1.29, 1.82) is 0 Å². The predicted molar refractivity (Wildman–Crippen MR) is 135 cm³/mol. The molecule has 4 rings (SSSR count). The average molecular weight is 519 g/mol. The molecule has 11 nitrogen and oxygen atoms in total. The lowest BCUT2D eigenvalue weighted by Crippen LogP contribution is -2.15. The van der Waals surface area contributed by atoms with E-state index in [0.717, 1.165) is 0 Å². The van der Waals surface area contributed by atoms with E-state index in [1.807, 2.05) is 0 Å². The molecule has 0 amide bonds. The maximum Gasteiger partial charge on any atom is 0.375 e. The molecule has 1 aromatic heterocycles. The van der Waals surface area contributed by atoms with E-state index in [0.29, 0.717) is 17.1 Å². The Morgan fingerprint density at radius 2 is 1.63 bits per heavy atom. The molecule has 3 aromatic carbocycles. The second-order valence-corrected chi connectivity index (χ2v) is 7.78. The number of ether oxygens (including phenoxy) is 4. The van der Waals surface area contributed by atoms with Gasteiger partial charge in [0.1, 0.15) is 11.3 Å². The van der Waals surface area contributed by atoms with Crippen LogP contribution >= 0.6 is 0 Å². The van der Waals surface area contributed by atoms with Gasteiger partial charge in [0.25, 0.3) is 5.69 Å². The zero-order valence-electron chi connectivity index (χ0n) is 20.5. The van der Waals surface area contributed by atoms with Crippen molar-refractivity contribution in [2.24, 2.45) is 0 Å². The van der Waals surface area contributed by atoms with Crippen molar-refractivity contribution in [1.82, 2.24) is 0 Å². The Labute approximate surface area is 215 Å². The molecule has 194 valence electrons. The molecule has 0 atom stereocenters. The summed E-state index contributed by atoms with van der Waals surface area (Å²) in [7, 11) is 2.91. The lowest BCUT2D eigenvalue weighted by molar-refractivity contribution is -0.384. The average Bonchev–Trinajstić information content (AvgIpc) is 2.92. The lowest BCUT2D eigenvalue weighted by Gasteiger charge is -2.13. The largest absolute Gasteiger partial charge is 0.493 e. The third kappa shape index (κ3) is 5.03. The number of rotatable bonds is 8. The molecule has 0 fully saturated rings. The number of carbonyl (C=O) groups excluding carboxylic acids is 2. The minimum Gasteiger partial charge on any atom is -0.493 e. The number of hydrogen-bond acceptors (Lipinski definition) is 10. The number of carbonyl (C=O) groups is 2. The van der Waals surface area contributed by atoms with E-state index in [-0.39, 0.29) is 45.9 Å². The Kier molecular flexibility index (Phi) is 7.38. The Hall–Kier alpha value is -5.19. The highest BCUT2D eigenvalue weighted by atomic mass is 16.6. The van der Waals surface area contributed by atoms with Crippen LogP contribution in [0.2, 0.25) is 0 Å². The Bertz CT molecular complexity index is 1610. The van der Waals surface area contributed by atoms with E-state index in [4.69, 9.17) is 23.4 Å². The number of fused-ring (bicyclic) bond motifs is 1. The van der Waals surface area contributed by atoms with Gasteiger partial charge in [-0.1, -0.05) is 6.07 Å². The summed E-state index contributed by atoms with van der Waals surface area (Å²) in [5, 5.41) is 10.9. The van der Waals surface area contributed by atoms with Crippen molar-refractivity contribution in [3.8, 4) is 28.4 Å². The fraction of sp³-hybridized carbons (Fsp3) is 0.148. The van der Waals surface area contributed by atoms with Crippen molar-refractivity contribution in [3.05, 3.63) is 92.3 Å². The van der Waals surface area contributed by atoms with E-state index in [1.54, 1.807) is 25.1 Å². The van der Waals surface area contributed by atoms with Crippen LogP contribution in [0.1, 0.15) is 27.8 Å². The summed E-state index contributed by atoms with van der Waals surface area (Å²) < 4.78 is 26.9. The Balaban J connectivity index is 1.78. The highest BCUT2D eigenvalue weighted by molar-refractivity contribution is 5.98. The lowest BCUT2D eigenvalue weighted by atomic mass is 10.0. The van der Waals surface area contributed by atoms with E-state index in [1.165, 1.54) is 56.7 Å². The minimum absolute atomic E-state index is 0.0173. The SMILES string of the molecule is CCOC(=O)c1oc2cc(OC(=O)c3ccc([N+](=O)[O-])cc3)ccc2c(=O)c1-c1ccc(OC)c(OC)c1. The first-order valence-electron chi connectivity index (χ1n) is 11.2. The number of esters is 2. The maximum absolute atomic E-state index is 13.6. The smallest absolute Gasteiger partial charge is 0.375 e. The van der Waals surface area contributed by atoms with E-state index < -0.39 is 22.3 Å². The van der Waals surface area contributed by atoms with Crippen LogP contribution in [-0.2, 0) is 4.74 Å². The van der Waals surface area contributed by atoms with Gasteiger partial charge in [0.05, 0.1) is 42.3 Å². The molecule has 0 N–H and O–H groups in total. The normalized spacial score (nSPS) is 10.6. The molecule has 0 aliphatic rings. The number of nitrogens with zero attached hydrogens (tertiary/aromatic N) is 1. The summed E-state index contributed by atoms with van der Waals surface area (Å²) in [6.07, 6.45) is 0. The summed E-state index contributed by atoms with van der Waals surface area (Å²) >= 11 is 0. The van der Waals surface area contributed by atoms with Gasteiger partial charge in [0.15, 0.2) is 11.5 Å². The summed E-state index contributed by atoms with van der Waals surface area (Å²) in [6, 6.07) is 13.7. The third-order valence-electron chi connectivity index (χ3n) is 5.52. The summed E-state index contributed by atoms with van der Waals surface area (Å²) in [6.45, 7) is 1.65. The van der Waals surface area contributed by atoms with Crippen LogP contribution in [0.4, 0.5) is 5.69 Å². The van der Waals surface area contributed by atoms with E-state index >= 15 is 0 Å². The number of hydrogen-bond donors (Lipinski definition) is 0. The van der Waals surface area contributed by atoms with Crippen LogP contribution in [0.25, 0.3) is 22.1 Å². The van der Waals surface area contributed by atoms with Crippen molar-refractivity contribution in [2.45, 2.75) is 6.92 Å². The van der Waals surface area contributed by atoms with Gasteiger partial charge >= 0.3 is 11.9 Å². The summed E-state index contributed by atoms with van der Waals surface area (Å²) in [5.74, 6) is -1.18. The molecule has 0 radical (unpaired) electrons. The van der Waals surface area contributed by atoms with Gasteiger partial charge in [0.2, 0.25) is 11.2 Å². The maximum atomic E-state index is 13.6. The number of nitro benzene ring substituents is 1. The molecular weight excluding hydrogens is 498 g/mol. The Morgan fingerprint density at radius 3 is 2.26 bits per heavy atom. The first kappa shape index (κ1) is 25.9. The standard InChI is InChI=1S/C27H21NO10/c1-4-36-27(31)25-23(16-7-12-20(34-2)22(13-16)35-3)24(29)19-11-10-18(14-21(19)38-25)37-26(30)15-5-8-17(9-6-15)28(32)33/h5-14H,4H2,1-3H3. The van der Waals surface area contributed by atoms with Gasteiger partial charge in [-0.05, 0) is 48.9 Å². The van der Waals surface area contributed by atoms with Gasteiger partial charge in [0, 0.05) is 18.2 Å². The zero-order chi connectivity index (χ0) is 27.4. The van der Waals surface area contributed by atoms with Crippen LogP contribution in [0.5, 0.6) is 17.2 Å². The highest BCUT2D eigenvalue weighted by Crippen LogP contribution is 2.34. The molecular formula is C27H21NO10. The monoisotopic (exact) mass is 519 g/mol. The van der Waals surface area contributed by atoms with Crippen LogP contribution in [0, 0.1) is 10.1 Å². The molecule has 0 aliphatic heterocycles. The molecule has 38 heavy (non-hydrogen) atoms. The quantitative estimate of drug-likeness (QED) is 0.138. The van der Waals surface area contributed by atoms with E-state index in [2.05, 4.69) is 0 Å². The molecule has 4 aromatic rings. The topological polar surface area (TPSA) is 144 Å². The second-order valence-electron chi connectivity index (χ2n) is 7.78. The zero-order valence-corrected chi connectivity index (χ0v) is 20.5. The van der Waals surface area contributed by atoms with Crippen LogP contribution in [-0.4, -0.2) is 37.7 Å². The molecule has 0 unspecified atom stereocenters. The van der Waals surface area contributed by atoms with Gasteiger partial charge in [-0.3, -0.25) is 14.9 Å². The third-order valence-corrected chi connectivity index (χ3v) is 5.52. The van der Waals surface area contributed by atoms with Crippen molar-refractivity contribution >= 4 is 28.6 Å². The molecule has 0 saturated carbocycles. The van der Waals surface area contributed by atoms with Gasteiger partial charge in [-0.25, -0.2) is 9.59 Å². The fourth-order valence-electron chi connectivity index (χ4n) is 3.72. The van der Waals surface area contributed by atoms with Crippen molar-refractivity contribution in [3.63, 3.8) is 0 Å². The van der Waals surface area contributed by atoms with Crippen LogP contribution < -0.4 is 19.6 Å². The van der Waals surface area contributed by atoms with Gasteiger partial charge in [-0.2, -0.15) is 0 Å². The van der Waals surface area contributed by atoms with Gasteiger partial charge < -0.3 is 23.4 Å². The first-order valence-corrected chi connectivity index (χ1v) is 11.2. The molecule has 11 heteroatoms.